The minimum Gasteiger partial charge on any atom is -0.393 e. The molecular weight excluding hydrogens is 288 g/mol. The molecule has 2 N–H and O–H groups in total. The number of rotatable bonds is 8. The summed E-state index contributed by atoms with van der Waals surface area (Å²) in [5.41, 5.74) is 0. The highest BCUT2D eigenvalue weighted by molar-refractivity contribution is 5.81. The van der Waals surface area contributed by atoms with Crippen LogP contribution in [0, 0.1) is 35.5 Å². The van der Waals surface area contributed by atoms with Gasteiger partial charge in [0.05, 0.1) is 12.2 Å². The fourth-order valence-electron chi connectivity index (χ4n) is 4.10. The summed E-state index contributed by atoms with van der Waals surface area (Å²) < 4.78 is 0. The lowest BCUT2D eigenvalue weighted by molar-refractivity contribution is -0.127. The molecule has 0 aliphatic heterocycles. The molecule has 3 nitrogen and oxygen atoms in total. The van der Waals surface area contributed by atoms with Gasteiger partial charge in [-0.2, -0.15) is 0 Å². The van der Waals surface area contributed by atoms with Gasteiger partial charge in [0.15, 0.2) is 0 Å². The monoisotopic (exact) mass is 326 g/mol. The van der Waals surface area contributed by atoms with Crippen LogP contribution in [0.4, 0.5) is 0 Å². The Morgan fingerprint density at radius 3 is 2.22 bits per heavy atom. The lowest BCUT2D eigenvalue weighted by atomic mass is 9.68. The maximum absolute atomic E-state index is 12.8. The number of aliphatic hydroxyl groups excluding tert-OH is 2. The zero-order chi connectivity index (χ0) is 17.7. The van der Waals surface area contributed by atoms with Crippen LogP contribution in [0.1, 0.15) is 73.6 Å². The number of carbonyl (C=O) groups is 1. The molecule has 7 unspecified atom stereocenters. The molecule has 7 atom stereocenters. The van der Waals surface area contributed by atoms with Crippen LogP contribution in [0.2, 0.25) is 0 Å². The van der Waals surface area contributed by atoms with Crippen LogP contribution < -0.4 is 0 Å². The predicted octanol–water partition coefficient (Wildman–Crippen LogP) is 4.06. The van der Waals surface area contributed by atoms with Crippen molar-refractivity contribution < 1.29 is 15.0 Å². The second-order valence-electron chi connectivity index (χ2n) is 8.51. The first kappa shape index (κ1) is 20.6. The third-order valence-corrected chi connectivity index (χ3v) is 6.16. The van der Waals surface area contributed by atoms with E-state index in [0.717, 1.165) is 6.42 Å². The molecule has 0 heterocycles. The maximum atomic E-state index is 12.8. The first-order valence-electron chi connectivity index (χ1n) is 9.53. The zero-order valence-corrected chi connectivity index (χ0v) is 16.0. The van der Waals surface area contributed by atoms with E-state index < -0.39 is 12.2 Å². The van der Waals surface area contributed by atoms with E-state index in [0.29, 0.717) is 36.4 Å². The predicted molar refractivity (Wildman–Crippen MR) is 95.1 cm³/mol. The van der Waals surface area contributed by atoms with E-state index in [9.17, 15) is 15.0 Å². The van der Waals surface area contributed by atoms with Gasteiger partial charge in [-0.05, 0) is 49.9 Å². The van der Waals surface area contributed by atoms with Gasteiger partial charge in [0.1, 0.15) is 5.78 Å². The van der Waals surface area contributed by atoms with Crippen LogP contribution in [0.15, 0.2) is 0 Å². The average molecular weight is 327 g/mol. The van der Waals surface area contributed by atoms with Crippen molar-refractivity contribution in [3.63, 3.8) is 0 Å². The Morgan fingerprint density at radius 2 is 1.70 bits per heavy atom. The molecule has 1 fully saturated rings. The molecule has 1 saturated carbocycles. The molecule has 136 valence electrons. The van der Waals surface area contributed by atoms with Crippen molar-refractivity contribution in [2.75, 3.05) is 0 Å². The summed E-state index contributed by atoms with van der Waals surface area (Å²) in [5, 5.41) is 19.9. The van der Waals surface area contributed by atoms with Crippen molar-refractivity contribution in [1.29, 1.82) is 0 Å². The van der Waals surface area contributed by atoms with Crippen LogP contribution in [0.3, 0.4) is 0 Å². The first-order chi connectivity index (χ1) is 10.6. The molecule has 1 rings (SSSR count). The first-order valence-corrected chi connectivity index (χ1v) is 9.53. The van der Waals surface area contributed by atoms with Gasteiger partial charge in [-0.15, -0.1) is 0 Å². The Labute approximate surface area is 142 Å². The van der Waals surface area contributed by atoms with Gasteiger partial charge in [-0.1, -0.05) is 41.0 Å². The maximum Gasteiger partial charge on any atom is 0.136 e. The molecule has 0 aromatic heterocycles. The third-order valence-electron chi connectivity index (χ3n) is 6.16. The van der Waals surface area contributed by atoms with Gasteiger partial charge in [0.2, 0.25) is 0 Å². The van der Waals surface area contributed by atoms with Crippen LogP contribution >= 0.6 is 0 Å². The Balaban J connectivity index is 2.57. The second-order valence-corrected chi connectivity index (χ2v) is 8.51. The number of ketones is 1. The van der Waals surface area contributed by atoms with Gasteiger partial charge in [-0.3, -0.25) is 4.79 Å². The number of hydrogen-bond acceptors (Lipinski definition) is 3. The summed E-state index contributed by atoms with van der Waals surface area (Å²) in [6.45, 7) is 12.3. The summed E-state index contributed by atoms with van der Waals surface area (Å²) in [4.78, 5) is 12.8. The van der Waals surface area contributed by atoms with Crippen molar-refractivity contribution >= 4 is 5.78 Å². The van der Waals surface area contributed by atoms with E-state index in [2.05, 4.69) is 20.8 Å². The van der Waals surface area contributed by atoms with E-state index in [1.807, 2.05) is 13.8 Å². The van der Waals surface area contributed by atoms with Crippen LogP contribution in [-0.4, -0.2) is 28.2 Å². The Morgan fingerprint density at radius 1 is 1.09 bits per heavy atom. The van der Waals surface area contributed by atoms with Crippen LogP contribution in [-0.2, 0) is 4.79 Å². The highest BCUT2D eigenvalue weighted by Crippen LogP contribution is 2.39. The topological polar surface area (TPSA) is 57.5 Å². The lowest BCUT2D eigenvalue weighted by Gasteiger charge is -2.36. The zero-order valence-electron chi connectivity index (χ0n) is 16.0. The van der Waals surface area contributed by atoms with Gasteiger partial charge >= 0.3 is 0 Å². The molecule has 3 heteroatoms. The standard InChI is InChI=1S/C20H38O3/c1-12(2)17-9-7-13(3)11-18(17)19(22)10-8-14(4)20(23)15(5)16(6)21/h12-18,20-21,23H,7-11H2,1-6H3. The molecule has 0 amide bonds. The lowest BCUT2D eigenvalue weighted by Crippen LogP contribution is -2.35. The number of Topliss-reactive ketones (excluding diaryl/α,β-unsaturated/α-hetero) is 1. The summed E-state index contributed by atoms with van der Waals surface area (Å²) in [6, 6.07) is 0. The summed E-state index contributed by atoms with van der Waals surface area (Å²) >= 11 is 0. The molecule has 0 spiro atoms. The van der Waals surface area contributed by atoms with Crippen LogP contribution in [0.5, 0.6) is 0 Å². The number of aliphatic hydroxyl groups is 2. The van der Waals surface area contributed by atoms with Gasteiger partial charge in [-0.25, -0.2) is 0 Å². The second kappa shape index (κ2) is 9.17. The highest BCUT2D eigenvalue weighted by Gasteiger charge is 2.35. The van der Waals surface area contributed by atoms with Crippen molar-refractivity contribution in [3.05, 3.63) is 0 Å². The molecular formula is C20H38O3. The summed E-state index contributed by atoms with van der Waals surface area (Å²) in [6.07, 6.45) is 3.66. The van der Waals surface area contributed by atoms with E-state index >= 15 is 0 Å². The SMILES string of the molecule is CC1CCC(C(C)C)C(C(=O)CCC(C)C(O)C(C)C(C)O)C1. The number of carbonyl (C=O) groups excluding carboxylic acids is 1. The normalized spacial score (nSPS) is 30.7. The van der Waals surface area contributed by atoms with Gasteiger partial charge in [0.25, 0.3) is 0 Å². The largest absolute Gasteiger partial charge is 0.393 e. The van der Waals surface area contributed by atoms with Crippen molar-refractivity contribution in [2.24, 2.45) is 35.5 Å². The highest BCUT2D eigenvalue weighted by atomic mass is 16.3. The Kier molecular flexibility index (Phi) is 8.23. The fourth-order valence-corrected chi connectivity index (χ4v) is 4.10. The molecule has 1 aliphatic rings. The van der Waals surface area contributed by atoms with E-state index in [1.165, 1.54) is 12.8 Å². The molecule has 0 saturated heterocycles. The van der Waals surface area contributed by atoms with E-state index in [1.54, 1.807) is 6.92 Å². The van der Waals surface area contributed by atoms with Crippen molar-refractivity contribution in [1.82, 2.24) is 0 Å². The molecule has 0 aromatic rings. The third kappa shape index (κ3) is 5.86. The molecule has 23 heavy (non-hydrogen) atoms. The fraction of sp³-hybridized carbons (Fsp3) is 0.950. The van der Waals surface area contributed by atoms with Crippen LogP contribution in [0.25, 0.3) is 0 Å². The average Bonchev–Trinajstić information content (AvgIpc) is 2.50. The summed E-state index contributed by atoms with van der Waals surface area (Å²) in [7, 11) is 0. The molecule has 0 radical (unpaired) electrons. The minimum absolute atomic E-state index is 0.0436. The molecule has 0 aromatic carbocycles. The minimum atomic E-state index is -0.547. The smallest absolute Gasteiger partial charge is 0.136 e. The Hall–Kier alpha value is -0.410. The van der Waals surface area contributed by atoms with Crippen molar-refractivity contribution in [2.45, 2.75) is 85.9 Å². The van der Waals surface area contributed by atoms with Crippen molar-refractivity contribution in [3.8, 4) is 0 Å². The summed E-state index contributed by atoms with van der Waals surface area (Å²) in [5.74, 6) is 2.22. The quantitative estimate of drug-likeness (QED) is 0.707. The van der Waals surface area contributed by atoms with Gasteiger partial charge < -0.3 is 10.2 Å². The van der Waals surface area contributed by atoms with E-state index in [4.69, 9.17) is 0 Å². The Bertz CT molecular complexity index is 364. The van der Waals surface area contributed by atoms with Gasteiger partial charge in [0, 0.05) is 18.3 Å². The van der Waals surface area contributed by atoms with E-state index in [-0.39, 0.29) is 17.8 Å². The molecule has 1 aliphatic carbocycles. The number of hydrogen-bond donors (Lipinski definition) is 2. The molecule has 0 bridgehead atoms.